The van der Waals surface area contributed by atoms with Crippen LogP contribution in [0.3, 0.4) is 0 Å². The second kappa shape index (κ2) is 5.45. The second-order valence-electron chi connectivity index (χ2n) is 2.84. The van der Waals surface area contributed by atoms with Crippen LogP contribution in [0.25, 0.3) is 0 Å². The van der Waals surface area contributed by atoms with Crippen molar-refractivity contribution in [3.8, 4) is 0 Å². The third-order valence-corrected chi connectivity index (χ3v) is 2.51. The van der Waals surface area contributed by atoms with Gasteiger partial charge in [0.15, 0.2) is 0 Å². The Morgan fingerprint density at radius 3 is 2.77 bits per heavy atom. The summed E-state index contributed by atoms with van der Waals surface area (Å²) in [7, 11) is 0. The summed E-state index contributed by atoms with van der Waals surface area (Å²) in [4.78, 5) is 10.5. The lowest BCUT2D eigenvalue weighted by Gasteiger charge is -2.01. The monoisotopic (exact) mass is 258 g/mol. The quantitative estimate of drug-likeness (QED) is 0.649. The second-order valence-corrected chi connectivity index (χ2v) is 4.20. The van der Waals surface area contributed by atoms with Crippen LogP contribution in [-0.4, -0.2) is 12.0 Å². The third-order valence-electron chi connectivity index (χ3n) is 1.74. The molecule has 0 aliphatic rings. The molecule has 0 unspecified atom stereocenters. The van der Waals surface area contributed by atoms with Crippen LogP contribution < -0.4 is 0 Å². The normalized spacial score (nSPS) is 10.0. The zero-order chi connectivity index (χ0) is 9.68. The van der Waals surface area contributed by atoms with Gasteiger partial charge in [0.1, 0.15) is 6.29 Å². The number of hydrogen-bond acceptors (Lipinski definition) is 2. The molecule has 1 aromatic carbocycles. The standard InChI is InChI=1S/C10H11BrOS/c11-10-5-8(2-1-3-13)4-9(6-10)7-12/h4-7,13H,1-3H2. The molecular formula is C10H11BrOS. The zero-order valence-corrected chi connectivity index (χ0v) is 9.64. The van der Waals surface area contributed by atoms with E-state index in [2.05, 4.69) is 28.6 Å². The van der Waals surface area contributed by atoms with Gasteiger partial charge in [0.05, 0.1) is 0 Å². The van der Waals surface area contributed by atoms with E-state index >= 15 is 0 Å². The number of thiol groups is 1. The Kier molecular flexibility index (Phi) is 4.53. The number of carbonyl (C=O) groups is 1. The van der Waals surface area contributed by atoms with Gasteiger partial charge in [-0.15, -0.1) is 0 Å². The number of halogens is 1. The van der Waals surface area contributed by atoms with Crippen LogP contribution in [0.5, 0.6) is 0 Å². The minimum absolute atomic E-state index is 0.725. The average Bonchev–Trinajstić information content (AvgIpc) is 2.14. The van der Waals surface area contributed by atoms with Gasteiger partial charge in [-0.1, -0.05) is 15.9 Å². The molecule has 1 aromatic rings. The topological polar surface area (TPSA) is 17.1 Å². The summed E-state index contributed by atoms with van der Waals surface area (Å²) in [6.45, 7) is 0. The highest BCUT2D eigenvalue weighted by Crippen LogP contribution is 2.16. The molecule has 70 valence electrons. The minimum Gasteiger partial charge on any atom is -0.298 e. The molecule has 0 spiro atoms. The van der Waals surface area contributed by atoms with Gasteiger partial charge >= 0.3 is 0 Å². The largest absolute Gasteiger partial charge is 0.298 e. The van der Waals surface area contributed by atoms with Crippen LogP contribution in [0, 0.1) is 0 Å². The third kappa shape index (κ3) is 3.53. The van der Waals surface area contributed by atoms with Crippen LogP contribution in [-0.2, 0) is 6.42 Å². The molecule has 0 saturated heterocycles. The van der Waals surface area contributed by atoms with E-state index in [0.29, 0.717) is 0 Å². The summed E-state index contributed by atoms with van der Waals surface area (Å²) in [5, 5.41) is 0. The van der Waals surface area contributed by atoms with E-state index in [1.165, 1.54) is 5.56 Å². The Balaban J connectivity index is 2.81. The SMILES string of the molecule is O=Cc1cc(Br)cc(CCCS)c1. The molecule has 3 heteroatoms. The predicted molar refractivity (Wildman–Crippen MR) is 61.7 cm³/mol. The number of benzene rings is 1. The molecule has 0 heterocycles. The van der Waals surface area contributed by atoms with Crippen molar-refractivity contribution in [2.45, 2.75) is 12.8 Å². The van der Waals surface area contributed by atoms with Crippen molar-refractivity contribution in [2.75, 3.05) is 5.75 Å². The highest BCUT2D eigenvalue weighted by molar-refractivity contribution is 9.10. The number of carbonyl (C=O) groups excluding carboxylic acids is 1. The van der Waals surface area contributed by atoms with Crippen LogP contribution in [0.1, 0.15) is 22.3 Å². The van der Waals surface area contributed by atoms with Crippen molar-refractivity contribution in [2.24, 2.45) is 0 Å². The van der Waals surface area contributed by atoms with Gasteiger partial charge in [-0.2, -0.15) is 12.6 Å². The molecule has 0 bridgehead atoms. The number of rotatable bonds is 4. The van der Waals surface area contributed by atoms with Crippen molar-refractivity contribution in [3.63, 3.8) is 0 Å². The van der Waals surface area contributed by atoms with Crippen molar-refractivity contribution < 1.29 is 4.79 Å². The lowest BCUT2D eigenvalue weighted by molar-refractivity contribution is 0.112. The summed E-state index contributed by atoms with van der Waals surface area (Å²) in [6.07, 6.45) is 2.89. The maximum absolute atomic E-state index is 10.5. The molecule has 0 saturated carbocycles. The number of aryl methyl sites for hydroxylation is 1. The summed E-state index contributed by atoms with van der Waals surface area (Å²) in [5.74, 6) is 0.878. The lowest BCUT2D eigenvalue weighted by Crippen LogP contribution is -1.89. The average molecular weight is 259 g/mol. The first-order chi connectivity index (χ1) is 6.26. The molecule has 1 rings (SSSR count). The maximum atomic E-state index is 10.5. The molecule has 0 radical (unpaired) electrons. The molecule has 0 N–H and O–H groups in total. The van der Waals surface area contributed by atoms with Crippen molar-refractivity contribution in [1.82, 2.24) is 0 Å². The van der Waals surface area contributed by atoms with Crippen LogP contribution in [0.15, 0.2) is 22.7 Å². The fraction of sp³-hybridized carbons (Fsp3) is 0.300. The first kappa shape index (κ1) is 10.8. The molecule has 0 fully saturated rings. The van der Waals surface area contributed by atoms with Gasteiger partial charge in [0.2, 0.25) is 0 Å². The minimum atomic E-state index is 0.725. The summed E-state index contributed by atoms with van der Waals surface area (Å²) in [5.41, 5.74) is 1.91. The molecule has 0 aromatic heterocycles. The molecule has 0 amide bonds. The smallest absolute Gasteiger partial charge is 0.150 e. The Labute approximate surface area is 92.1 Å². The summed E-state index contributed by atoms with van der Waals surface area (Å²) >= 11 is 7.51. The van der Waals surface area contributed by atoms with Gasteiger partial charge < -0.3 is 0 Å². The molecule has 0 atom stereocenters. The maximum Gasteiger partial charge on any atom is 0.150 e. The Morgan fingerprint density at radius 2 is 2.15 bits per heavy atom. The van der Waals surface area contributed by atoms with E-state index in [-0.39, 0.29) is 0 Å². The highest BCUT2D eigenvalue weighted by Gasteiger charge is 1.98. The van der Waals surface area contributed by atoms with Crippen LogP contribution in [0.4, 0.5) is 0 Å². The van der Waals surface area contributed by atoms with Crippen LogP contribution >= 0.6 is 28.6 Å². The van der Waals surface area contributed by atoms with Gasteiger partial charge in [-0.3, -0.25) is 4.79 Å². The van der Waals surface area contributed by atoms with Crippen LogP contribution in [0.2, 0.25) is 0 Å². The first-order valence-corrected chi connectivity index (χ1v) is 5.54. The Morgan fingerprint density at radius 1 is 1.38 bits per heavy atom. The van der Waals surface area contributed by atoms with Gasteiger partial charge in [-0.05, 0) is 42.4 Å². The zero-order valence-electron chi connectivity index (χ0n) is 7.16. The van der Waals surface area contributed by atoms with E-state index in [0.717, 1.165) is 34.9 Å². The van der Waals surface area contributed by atoms with Gasteiger partial charge in [-0.25, -0.2) is 0 Å². The molecule has 13 heavy (non-hydrogen) atoms. The number of aldehydes is 1. The first-order valence-electron chi connectivity index (χ1n) is 4.12. The van der Waals surface area contributed by atoms with Gasteiger partial charge in [0, 0.05) is 10.0 Å². The summed E-state index contributed by atoms with van der Waals surface area (Å²) in [6, 6.07) is 5.77. The van der Waals surface area contributed by atoms with Crippen molar-refractivity contribution >= 4 is 34.8 Å². The Hall–Kier alpha value is -0.280. The molecule has 1 nitrogen and oxygen atoms in total. The van der Waals surface area contributed by atoms with Crippen molar-refractivity contribution in [1.29, 1.82) is 0 Å². The molecule has 0 aliphatic heterocycles. The van der Waals surface area contributed by atoms with E-state index in [1.807, 2.05) is 18.2 Å². The molecular weight excluding hydrogens is 248 g/mol. The van der Waals surface area contributed by atoms with E-state index < -0.39 is 0 Å². The van der Waals surface area contributed by atoms with Gasteiger partial charge in [0.25, 0.3) is 0 Å². The Bertz CT molecular complexity index is 299. The number of hydrogen-bond donors (Lipinski definition) is 1. The lowest BCUT2D eigenvalue weighted by atomic mass is 10.1. The van der Waals surface area contributed by atoms with Crippen molar-refractivity contribution in [3.05, 3.63) is 33.8 Å². The fourth-order valence-corrected chi connectivity index (χ4v) is 1.89. The summed E-state index contributed by atoms with van der Waals surface area (Å²) < 4.78 is 0.964. The predicted octanol–water partition coefficient (Wildman–Crippen LogP) is 3.12. The van der Waals surface area contributed by atoms with E-state index in [4.69, 9.17) is 0 Å². The fourth-order valence-electron chi connectivity index (χ4n) is 1.17. The highest BCUT2D eigenvalue weighted by atomic mass is 79.9. The molecule has 0 aliphatic carbocycles. The van der Waals surface area contributed by atoms with E-state index in [1.54, 1.807) is 0 Å². The van der Waals surface area contributed by atoms with E-state index in [9.17, 15) is 4.79 Å².